The van der Waals surface area contributed by atoms with E-state index in [0.717, 1.165) is 19.6 Å². The monoisotopic (exact) mass is 495 g/mol. The van der Waals surface area contributed by atoms with Gasteiger partial charge in [0.15, 0.2) is 5.96 Å². The first kappa shape index (κ1) is 23.1. The summed E-state index contributed by atoms with van der Waals surface area (Å²) in [4.78, 5) is 6.74. The minimum Gasteiger partial charge on any atom is -0.370 e. The van der Waals surface area contributed by atoms with Crippen molar-refractivity contribution in [2.75, 3.05) is 39.8 Å². The van der Waals surface area contributed by atoms with Gasteiger partial charge in [-0.2, -0.15) is 4.31 Å². The molecule has 1 aliphatic rings. The lowest BCUT2D eigenvalue weighted by molar-refractivity contribution is 0.222. The molecule has 1 saturated heterocycles. The van der Waals surface area contributed by atoms with Gasteiger partial charge in [0, 0.05) is 32.7 Å². The number of aliphatic imine (C=N–C) groups is 1. The van der Waals surface area contributed by atoms with Crippen molar-refractivity contribution in [3.8, 4) is 0 Å². The van der Waals surface area contributed by atoms with Crippen LogP contribution in [0, 0.1) is 5.92 Å². The van der Waals surface area contributed by atoms with Crippen LogP contribution in [-0.2, 0) is 16.6 Å². The van der Waals surface area contributed by atoms with Gasteiger partial charge in [-0.15, -0.1) is 24.0 Å². The van der Waals surface area contributed by atoms with Crippen LogP contribution in [0.3, 0.4) is 0 Å². The van der Waals surface area contributed by atoms with Crippen LogP contribution >= 0.6 is 24.0 Å². The highest BCUT2D eigenvalue weighted by molar-refractivity contribution is 14.0. The molecule has 2 rings (SSSR count). The van der Waals surface area contributed by atoms with Gasteiger partial charge in [-0.05, 0) is 24.6 Å². The summed E-state index contributed by atoms with van der Waals surface area (Å²) >= 11 is 0. The first-order valence-electron chi connectivity index (χ1n) is 8.61. The van der Waals surface area contributed by atoms with Gasteiger partial charge in [0.05, 0.1) is 11.4 Å². The molecule has 0 radical (unpaired) electrons. The third-order valence-electron chi connectivity index (χ3n) is 4.16. The zero-order chi connectivity index (χ0) is 18.4. The maximum absolute atomic E-state index is 13.0. The number of hydrogen-bond donors (Lipinski definition) is 2. The van der Waals surface area contributed by atoms with E-state index in [9.17, 15) is 8.42 Å². The Balaban J connectivity index is 0.00000338. The summed E-state index contributed by atoms with van der Waals surface area (Å²) in [5.41, 5.74) is 6.52. The number of hydrogen-bond acceptors (Lipinski definition) is 4. The van der Waals surface area contributed by atoms with E-state index in [1.165, 1.54) is 0 Å². The lowest BCUT2D eigenvalue weighted by Crippen LogP contribution is -2.47. The highest BCUT2D eigenvalue weighted by atomic mass is 127. The van der Waals surface area contributed by atoms with E-state index in [2.05, 4.69) is 29.1 Å². The Bertz CT molecular complexity index is 701. The van der Waals surface area contributed by atoms with Crippen LogP contribution in [0.2, 0.25) is 0 Å². The molecule has 0 aliphatic carbocycles. The summed E-state index contributed by atoms with van der Waals surface area (Å²) in [6.07, 6.45) is 0. The summed E-state index contributed by atoms with van der Waals surface area (Å²) in [5.74, 6) is 0.791. The predicted molar refractivity (Wildman–Crippen MR) is 116 cm³/mol. The van der Waals surface area contributed by atoms with Gasteiger partial charge in [-0.25, -0.2) is 13.4 Å². The van der Waals surface area contributed by atoms with E-state index < -0.39 is 10.0 Å². The van der Waals surface area contributed by atoms with Crippen molar-refractivity contribution in [1.82, 2.24) is 14.5 Å². The predicted octanol–water partition coefficient (Wildman–Crippen LogP) is 1.30. The van der Waals surface area contributed by atoms with Crippen LogP contribution in [0.15, 0.2) is 34.2 Å². The molecule has 0 atom stereocenters. The van der Waals surface area contributed by atoms with Gasteiger partial charge < -0.3 is 16.0 Å². The molecular formula is C17H30IN5O2S. The lowest BCUT2D eigenvalue weighted by atomic mass is 10.2. The van der Waals surface area contributed by atoms with Gasteiger partial charge >= 0.3 is 0 Å². The Morgan fingerprint density at radius 3 is 2.46 bits per heavy atom. The fourth-order valence-electron chi connectivity index (χ4n) is 2.59. The fraction of sp³-hybridized carbons (Fsp3) is 0.588. The van der Waals surface area contributed by atoms with Crippen molar-refractivity contribution in [3.05, 3.63) is 29.8 Å². The zero-order valence-corrected chi connectivity index (χ0v) is 18.8. The van der Waals surface area contributed by atoms with Crippen LogP contribution in [0.25, 0.3) is 0 Å². The molecule has 1 heterocycles. The average Bonchev–Trinajstić information content (AvgIpc) is 2.58. The second-order valence-corrected chi connectivity index (χ2v) is 8.70. The molecule has 3 N–H and O–H groups in total. The highest BCUT2D eigenvalue weighted by Gasteiger charge is 2.29. The van der Waals surface area contributed by atoms with Crippen molar-refractivity contribution < 1.29 is 8.42 Å². The zero-order valence-electron chi connectivity index (χ0n) is 15.7. The number of nitrogens with zero attached hydrogens (tertiary/aromatic N) is 3. The SMILES string of the molecule is CC(C)CNC(N)=NCc1ccccc1S(=O)(=O)N1CCN(C)CC1.I. The quantitative estimate of drug-likeness (QED) is 0.353. The molecule has 0 saturated carbocycles. The molecule has 148 valence electrons. The molecule has 7 nitrogen and oxygen atoms in total. The van der Waals surface area contributed by atoms with Crippen LogP contribution in [0.4, 0.5) is 0 Å². The van der Waals surface area contributed by atoms with Crippen molar-refractivity contribution in [3.63, 3.8) is 0 Å². The first-order chi connectivity index (χ1) is 11.8. The molecule has 1 aromatic rings. The minimum atomic E-state index is -3.51. The largest absolute Gasteiger partial charge is 0.370 e. The molecule has 0 unspecified atom stereocenters. The average molecular weight is 495 g/mol. The van der Waals surface area contributed by atoms with E-state index in [4.69, 9.17) is 5.73 Å². The fourth-order valence-corrected chi connectivity index (χ4v) is 4.23. The van der Waals surface area contributed by atoms with Crippen LogP contribution in [0.5, 0.6) is 0 Å². The van der Waals surface area contributed by atoms with E-state index >= 15 is 0 Å². The van der Waals surface area contributed by atoms with Crippen LogP contribution < -0.4 is 11.1 Å². The molecule has 0 aromatic heterocycles. The second kappa shape index (κ2) is 10.4. The van der Waals surface area contributed by atoms with Crippen LogP contribution in [0.1, 0.15) is 19.4 Å². The summed E-state index contributed by atoms with van der Waals surface area (Å²) in [5, 5.41) is 3.04. The number of nitrogens with one attached hydrogen (secondary N) is 1. The highest BCUT2D eigenvalue weighted by Crippen LogP contribution is 2.22. The van der Waals surface area contributed by atoms with E-state index in [-0.39, 0.29) is 30.5 Å². The number of nitrogens with two attached hydrogens (primary N) is 1. The molecule has 0 amide bonds. The van der Waals surface area contributed by atoms with E-state index in [1.54, 1.807) is 22.5 Å². The van der Waals surface area contributed by atoms with Crippen LogP contribution in [-0.4, -0.2) is 63.4 Å². The third kappa shape index (κ3) is 6.36. The second-order valence-electron chi connectivity index (χ2n) is 6.79. The molecule has 1 aromatic carbocycles. The Kier molecular flexibility index (Phi) is 9.28. The molecular weight excluding hydrogens is 465 g/mol. The maximum Gasteiger partial charge on any atom is 0.243 e. The number of rotatable bonds is 6. The third-order valence-corrected chi connectivity index (χ3v) is 6.16. The van der Waals surface area contributed by atoms with Gasteiger partial charge in [0.1, 0.15) is 0 Å². The number of sulfonamides is 1. The summed E-state index contributed by atoms with van der Waals surface area (Å²) in [7, 11) is -1.51. The number of halogens is 1. The minimum absolute atomic E-state index is 0. The lowest BCUT2D eigenvalue weighted by Gasteiger charge is -2.32. The number of guanidine groups is 1. The van der Waals surface area contributed by atoms with Crippen molar-refractivity contribution in [2.24, 2.45) is 16.6 Å². The maximum atomic E-state index is 13.0. The Morgan fingerprint density at radius 2 is 1.85 bits per heavy atom. The van der Waals surface area contributed by atoms with Gasteiger partial charge in [-0.3, -0.25) is 0 Å². The van der Waals surface area contributed by atoms with E-state index in [1.807, 2.05) is 13.1 Å². The standard InChI is InChI=1S/C17H29N5O2S.HI/c1-14(2)12-19-17(18)20-13-15-6-4-5-7-16(15)25(23,24)22-10-8-21(3)9-11-22;/h4-7,14H,8-13H2,1-3H3,(H3,18,19,20);1H. The molecule has 26 heavy (non-hydrogen) atoms. The van der Waals surface area contributed by atoms with Gasteiger partial charge in [0.2, 0.25) is 10.0 Å². The Morgan fingerprint density at radius 1 is 1.23 bits per heavy atom. The molecule has 9 heteroatoms. The van der Waals surface area contributed by atoms with Gasteiger partial charge in [0.25, 0.3) is 0 Å². The molecule has 1 aliphatic heterocycles. The number of benzene rings is 1. The first-order valence-corrected chi connectivity index (χ1v) is 10.0. The summed E-state index contributed by atoms with van der Waals surface area (Å²) < 4.78 is 27.5. The Hall–Kier alpha value is -0.910. The van der Waals surface area contributed by atoms with E-state index in [0.29, 0.717) is 35.4 Å². The molecule has 1 fully saturated rings. The smallest absolute Gasteiger partial charge is 0.243 e. The topological polar surface area (TPSA) is 91.0 Å². The van der Waals surface area contributed by atoms with Crippen molar-refractivity contribution >= 4 is 40.0 Å². The van der Waals surface area contributed by atoms with Crippen molar-refractivity contribution in [2.45, 2.75) is 25.3 Å². The molecule has 0 spiro atoms. The summed E-state index contributed by atoms with van der Waals surface area (Å²) in [6, 6.07) is 7.01. The normalized spacial score (nSPS) is 17.2. The van der Waals surface area contributed by atoms with Crippen molar-refractivity contribution in [1.29, 1.82) is 0 Å². The molecule has 0 bridgehead atoms. The number of piperazine rings is 1. The Labute approximate surface area is 174 Å². The number of likely N-dealkylation sites (N-methyl/N-ethyl adjacent to an activating group) is 1. The summed E-state index contributed by atoms with van der Waals surface area (Å²) in [6.45, 7) is 7.63. The van der Waals surface area contributed by atoms with Gasteiger partial charge in [-0.1, -0.05) is 32.0 Å².